The van der Waals surface area contributed by atoms with Crippen LogP contribution in [-0.2, 0) is 9.47 Å². The second-order valence-corrected chi connectivity index (χ2v) is 3.47. The van der Waals surface area contributed by atoms with E-state index in [2.05, 4.69) is 10.3 Å². The number of aromatic nitrogens is 1. The van der Waals surface area contributed by atoms with Gasteiger partial charge >= 0.3 is 0 Å². The number of rotatable bonds is 6. The maximum atomic E-state index is 12.9. The van der Waals surface area contributed by atoms with E-state index in [1.165, 1.54) is 12.3 Å². The molecule has 0 spiro atoms. The predicted octanol–water partition coefficient (Wildman–Crippen LogP) is 1.49. The van der Waals surface area contributed by atoms with Crippen LogP contribution in [0.2, 0.25) is 0 Å². The Morgan fingerprint density at radius 2 is 2.06 bits per heavy atom. The van der Waals surface area contributed by atoms with Crippen molar-refractivity contribution in [2.45, 2.75) is 19.3 Å². The van der Waals surface area contributed by atoms with Crippen molar-refractivity contribution in [2.75, 3.05) is 20.8 Å². The van der Waals surface area contributed by atoms with Crippen molar-refractivity contribution < 1.29 is 13.9 Å². The monoisotopic (exact) mass is 228 g/mol. The Morgan fingerprint density at radius 3 is 2.62 bits per heavy atom. The van der Waals surface area contributed by atoms with E-state index in [1.807, 2.05) is 6.92 Å². The number of nitrogens with one attached hydrogen (secondary N) is 1. The molecule has 1 heterocycles. The van der Waals surface area contributed by atoms with Gasteiger partial charge in [0.15, 0.2) is 6.29 Å². The number of methoxy groups -OCH3 is 2. The Labute approximate surface area is 94.8 Å². The molecule has 0 aromatic carbocycles. The summed E-state index contributed by atoms with van der Waals surface area (Å²) in [6.07, 6.45) is 2.52. The van der Waals surface area contributed by atoms with E-state index < -0.39 is 0 Å². The summed E-state index contributed by atoms with van der Waals surface area (Å²) in [6, 6.07) is 1.45. The van der Waals surface area contributed by atoms with Gasteiger partial charge in [-0.15, -0.1) is 0 Å². The molecule has 5 heteroatoms. The zero-order valence-corrected chi connectivity index (χ0v) is 9.74. The fraction of sp³-hybridized carbons (Fsp3) is 0.545. The summed E-state index contributed by atoms with van der Waals surface area (Å²) < 4.78 is 23.0. The van der Waals surface area contributed by atoms with Crippen LogP contribution in [0.4, 0.5) is 4.39 Å². The van der Waals surface area contributed by atoms with E-state index in [9.17, 15) is 4.39 Å². The maximum absolute atomic E-state index is 12.9. The van der Waals surface area contributed by atoms with E-state index in [0.29, 0.717) is 6.54 Å². The molecule has 0 bridgehead atoms. The molecule has 0 radical (unpaired) electrons. The summed E-state index contributed by atoms with van der Waals surface area (Å²) in [5.74, 6) is -0.332. The van der Waals surface area contributed by atoms with Crippen LogP contribution in [0.5, 0.6) is 0 Å². The Hall–Kier alpha value is -1.04. The van der Waals surface area contributed by atoms with Crippen molar-refractivity contribution in [2.24, 2.45) is 0 Å². The summed E-state index contributed by atoms with van der Waals surface area (Å²) in [6.45, 7) is 2.46. The van der Waals surface area contributed by atoms with Crippen molar-refractivity contribution in [3.8, 4) is 0 Å². The Kier molecular flexibility index (Phi) is 5.31. The molecule has 90 valence electrons. The molecule has 0 amide bonds. The molecule has 1 atom stereocenters. The van der Waals surface area contributed by atoms with Crippen LogP contribution in [0.1, 0.15) is 18.5 Å². The standard InChI is InChI=1S/C11H17FN2O2/c1-8(14-7-11(15-2)16-3)9-4-10(12)6-13-5-9/h4-6,8,11,14H,7H2,1-3H3. The quantitative estimate of drug-likeness (QED) is 0.749. The second kappa shape index (κ2) is 6.52. The van der Waals surface area contributed by atoms with E-state index in [1.54, 1.807) is 20.4 Å². The molecule has 0 aliphatic rings. The topological polar surface area (TPSA) is 43.4 Å². The molecular formula is C11H17FN2O2. The zero-order chi connectivity index (χ0) is 12.0. The highest BCUT2D eigenvalue weighted by molar-refractivity contribution is 5.14. The average Bonchev–Trinajstić information content (AvgIpc) is 2.30. The highest BCUT2D eigenvalue weighted by atomic mass is 19.1. The number of ether oxygens (including phenoxy) is 2. The van der Waals surface area contributed by atoms with Crippen LogP contribution in [0, 0.1) is 5.82 Å². The van der Waals surface area contributed by atoms with E-state index >= 15 is 0 Å². The van der Waals surface area contributed by atoms with Gasteiger partial charge in [-0.1, -0.05) is 0 Å². The molecular weight excluding hydrogens is 211 g/mol. The van der Waals surface area contributed by atoms with Gasteiger partial charge in [0, 0.05) is 33.0 Å². The van der Waals surface area contributed by atoms with E-state index in [4.69, 9.17) is 9.47 Å². The highest BCUT2D eigenvalue weighted by Crippen LogP contribution is 2.11. The van der Waals surface area contributed by atoms with Crippen molar-refractivity contribution in [1.82, 2.24) is 10.3 Å². The van der Waals surface area contributed by atoms with Crippen molar-refractivity contribution in [3.05, 3.63) is 29.8 Å². The number of hydrogen-bond donors (Lipinski definition) is 1. The first kappa shape index (κ1) is 13.0. The summed E-state index contributed by atoms with van der Waals surface area (Å²) in [4.78, 5) is 3.80. The molecule has 1 unspecified atom stereocenters. The SMILES string of the molecule is COC(CNC(C)c1cncc(F)c1)OC. The van der Waals surface area contributed by atoms with Crippen molar-refractivity contribution >= 4 is 0 Å². The number of hydrogen-bond acceptors (Lipinski definition) is 4. The second-order valence-electron chi connectivity index (χ2n) is 3.47. The Balaban J connectivity index is 2.49. The summed E-state index contributed by atoms with van der Waals surface area (Å²) in [5, 5.41) is 3.17. The van der Waals surface area contributed by atoms with Crippen LogP contribution in [0.3, 0.4) is 0 Å². The number of pyridine rings is 1. The van der Waals surface area contributed by atoms with Crippen LogP contribution >= 0.6 is 0 Å². The van der Waals surface area contributed by atoms with E-state index in [0.717, 1.165) is 5.56 Å². The minimum Gasteiger partial charge on any atom is -0.355 e. The minimum absolute atomic E-state index is 0.00370. The predicted molar refractivity (Wildman–Crippen MR) is 58.4 cm³/mol. The molecule has 1 aromatic rings. The van der Waals surface area contributed by atoms with Gasteiger partial charge in [-0.2, -0.15) is 0 Å². The van der Waals surface area contributed by atoms with Gasteiger partial charge in [0.25, 0.3) is 0 Å². The summed E-state index contributed by atoms with van der Waals surface area (Å²) in [7, 11) is 3.15. The van der Waals surface area contributed by atoms with Crippen molar-refractivity contribution in [1.29, 1.82) is 0 Å². The van der Waals surface area contributed by atoms with Gasteiger partial charge in [-0.3, -0.25) is 4.98 Å². The Bertz CT molecular complexity index is 319. The first-order chi connectivity index (χ1) is 7.67. The third kappa shape index (κ3) is 3.84. The molecule has 0 saturated carbocycles. The lowest BCUT2D eigenvalue weighted by molar-refractivity contribution is -0.0997. The molecule has 16 heavy (non-hydrogen) atoms. The fourth-order valence-electron chi connectivity index (χ4n) is 1.32. The van der Waals surface area contributed by atoms with E-state index in [-0.39, 0.29) is 18.1 Å². The average molecular weight is 228 g/mol. The number of halogens is 1. The van der Waals surface area contributed by atoms with Gasteiger partial charge in [0.1, 0.15) is 5.82 Å². The van der Waals surface area contributed by atoms with Crippen LogP contribution in [0.25, 0.3) is 0 Å². The zero-order valence-electron chi connectivity index (χ0n) is 9.74. The van der Waals surface area contributed by atoms with Crippen molar-refractivity contribution in [3.63, 3.8) is 0 Å². The highest BCUT2D eigenvalue weighted by Gasteiger charge is 2.10. The Morgan fingerprint density at radius 1 is 1.38 bits per heavy atom. The van der Waals surface area contributed by atoms with Crippen LogP contribution in [0.15, 0.2) is 18.5 Å². The fourth-order valence-corrected chi connectivity index (χ4v) is 1.32. The smallest absolute Gasteiger partial charge is 0.169 e. The third-order valence-electron chi connectivity index (χ3n) is 2.34. The molecule has 4 nitrogen and oxygen atoms in total. The maximum Gasteiger partial charge on any atom is 0.169 e. The molecule has 0 fully saturated rings. The van der Waals surface area contributed by atoms with Gasteiger partial charge in [0.2, 0.25) is 0 Å². The lowest BCUT2D eigenvalue weighted by Crippen LogP contribution is -2.31. The normalized spacial score (nSPS) is 13.1. The van der Waals surface area contributed by atoms with Gasteiger partial charge in [-0.25, -0.2) is 4.39 Å². The summed E-state index contributed by atoms with van der Waals surface area (Å²) in [5.41, 5.74) is 0.797. The lowest BCUT2D eigenvalue weighted by Gasteiger charge is -2.18. The first-order valence-electron chi connectivity index (χ1n) is 5.06. The van der Waals surface area contributed by atoms with Gasteiger partial charge in [-0.05, 0) is 18.6 Å². The molecule has 1 aromatic heterocycles. The van der Waals surface area contributed by atoms with Crippen LogP contribution < -0.4 is 5.32 Å². The summed E-state index contributed by atoms with van der Waals surface area (Å²) >= 11 is 0. The van der Waals surface area contributed by atoms with Gasteiger partial charge in [0.05, 0.1) is 6.20 Å². The lowest BCUT2D eigenvalue weighted by atomic mass is 10.1. The third-order valence-corrected chi connectivity index (χ3v) is 2.34. The van der Waals surface area contributed by atoms with Gasteiger partial charge < -0.3 is 14.8 Å². The number of nitrogens with zero attached hydrogens (tertiary/aromatic N) is 1. The molecule has 0 aliphatic heterocycles. The minimum atomic E-state index is -0.332. The van der Waals surface area contributed by atoms with Crippen LogP contribution in [-0.4, -0.2) is 32.0 Å². The largest absolute Gasteiger partial charge is 0.355 e. The molecule has 1 rings (SSSR count). The first-order valence-corrected chi connectivity index (χ1v) is 5.06. The molecule has 0 saturated heterocycles. The molecule has 1 N–H and O–H groups in total. The molecule has 0 aliphatic carbocycles.